The van der Waals surface area contributed by atoms with E-state index in [9.17, 15) is 0 Å². The van der Waals surface area contributed by atoms with Crippen LogP contribution in [0.2, 0.25) is 15.1 Å². The summed E-state index contributed by atoms with van der Waals surface area (Å²) in [4.78, 5) is 0. The maximum Gasteiger partial charge on any atom is 0.133 e. The van der Waals surface area contributed by atoms with Gasteiger partial charge in [0.1, 0.15) is 5.82 Å². The fraction of sp³-hybridized carbons (Fsp3) is 0.250. The number of nitrogens with one attached hydrogen (secondary N) is 1. The highest BCUT2D eigenvalue weighted by atomic mass is 35.5. The van der Waals surface area contributed by atoms with Crippen LogP contribution in [0.4, 0.5) is 5.82 Å². The number of halogens is 3. The Morgan fingerprint density at radius 3 is 2.65 bits per heavy atom. The van der Waals surface area contributed by atoms with Crippen LogP contribution < -0.4 is 5.32 Å². The van der Waals surface area contributed by atoms with E-state index in [1.165, 1.54) is 5.56 Å². The fourth-order valence-electron chi connectivity index (χ4n) is 3.36. The van der Waals surface area contributed by atoms with Gasteiger partial charge in [-0.25, -0.2) is 4.68 Å². The molecule has 0 radical (unpaired) electrons. The van der Waals surface area contributed by atoms with E-state index in [-0.39, 0.29) is 0 Å². The predicted octanol–water partition coefficient (Wildman–Crippen LogP) is 6.17. The van der Waals surface area contributed by atoms with Crippen LogP contribution in [0.5, 0.6) is 0 Å². The van der Waals surface area contributed by atoms with E-state index in [0.29, 0.717) is 21.5 Å². The topological polar surface area (TPSA) is 29.9 Å². The van der Waals surface area contributed by atoms with E-state index in [1.54, 1.807) is 6.07 Å². The zero-order valence-electron chi connectivity index (χ0n) is 14.1. The molecule has 0 bridgehead atoms. The van der Waals surface area contributed by atoms with Crippen molar-refractivity contribution in [3.05, 3.63) is 74.4 Å². The molecule has 0 atom stereocenters. The molecule has 0 fully saturated rings. The Hall–Kier alpha value is -1.68. The van der Waals surface area contributed by atoms with Gasteiger partial charge in [-0.05, 0) is 49.1 Å². The van der Waals surface area contributed by atoms with E-state index in [4.69, 9.17) is 39.9 Å². The molecule has 3 aromatic rings. The predicted molar refractivity (Wildman–Crippen MR) is 109 cm³/mol. The number of para-hydroxylation sites is 1. The summed E-state index contributed by atoms with van der Waals surface area (Å²) in [5, 5.41) is 10.4. The molecule has 6 heteroatoms. The lowest BCUT2D eigenvalue weighted by Gasteiger charge is -2.10. The molecule has 4 rings (SSSR count). The van der Waals surface area contributed by atoms with Gasteiger partial charge in [0.2, 0.25) is 0 Å². The van der Waals surface area contributed by atoms with Crippen molar-refractivity contribution in [3.8, 4) is 5.69 Å². The summed E-state index contributed by atoms with van der Waals surface area (Å²) in [6, 6.07) is 13.4. The van der Waals surface area contributed by atoms with Crippen molar-refractivity contribution in [3.63, 3.8) is 0 Å². The number of rotatable bonds is 3. The molecular formula is C20H18Cl3N3. The van der Waals surface area contributed by atoms with Gasteiger partial charge in [0.15, 0.2) is 0 Å². The van der Waals surface area contributed by atoms with E-state index in [2.05, 4.69) is 5.32 Å². The first-order valence-electron chi connectivity index (χ1n) is 8.67. The highest BCUT2D eigenvalue weighted by Crippen LogP contribution is 2.33. The zero-order chi connectivity index (χ0) is 18.1. The number of aromatic nitrogens is 2. The molecule has 26 heavy (non-hydrogen) atoms. The number of fused-ring (bicyclic) bond motifs is 1. The second-order valence-electron chi connectivity index (χ2n) is 6.43. The summed E-state index contributed by atoms with van der Waals surface area (Å²) < 4.78 is 1.93. The molecule has 1 N–H and O–H groups in total. The van der Waals surface area contributed by atoms with Crippen LogP contribution in [0.1, 0.15) is 29.7 Å². The van der Waals surface area contributed by atoms with Gasteiger partial charge in [-0.2, -0.15) is 5.10 Å². The number of nitrogens with zero attached hydrogens (tertiary/aromatic N) is 2. The summed E-state index contributed by atoms with van der Waals surface area (Å²) in [6.07, 6.45) is 3.93. The van der Waals surface area contributed by atoms with E-state index < -0.39 is 0 Å². The van der Waals surface area contributed by atoms with Crippen LogP contribution in [-0.2, 0) is 12.8 Å². The highest BCUT2D eigenvalue weighted by Gasteiger charge is 2.22. The largest absolute Gasteiger partial charge is 0.370 e. The van der Waals surface area contributed by atoms with Crippen molar-refractivity contribution in [2.45, 2.75) is 25.7 Å². The third-order valence-electron chi connectivity index (χ3n) is 4.67. The first-order valence-corrected chi connectivity index (χ1v) is 9.80. The molecule has 0 saturated carbocycles. The lowest BCUT2D eigenvalue weighted by atomic mass is 10.0. The van der Waals surface area contributed by atoms with Gasteiger partial charge < -0.3 is 5.32 Å². The van der Waals surface area contributed by atoms with Gasteiger partial charge in [0.05, 0.1) is 16.4 Å². The minimum atomic E-state index is 0.640. The van der Waals surface area contributed by atoms with Crippen molar-refractivity contribution in [2.24, 2.45) is 0 Å². The Morgan fingerprint density at radius 1 is 1.00 bits per heavy atom. The number of anilines is 1. The monoisotopic (exact) mass is 405 g/mol. The zero-order valence-corrected chi connectivity index (χ0v) is 16.4. The van der Waals surface area contributed by atoms with Crippen LogP contribution in [0.15, 0.2) is 42.5 Å². The second-order valence-corrected chi connectivity index (χ2v) is 7.68. The van der Waals surface area contributed by atoms with Crippen molar-refractivity contribution in [2.75, 3.05) is 11.9 Å². The SMILES string of the molecule is Clc1ccc(Cc2nn(-c3ccccc3Cl)c3c2CCCCN3)c(Cl)c1. The standard InChI is InChI=1S/C20H18Cl3N3/c21-14-9-8-13(17(23)12-14)11-18-15-5-3-4-10-24-20(15)26(25-18)19-7-2-1-6-16(19)22/h1-2,6-9,12,24H,3-5,10-11H2. The van der Waals surface area contributed by atoms with E-state index in [1.807, 2.05) is 41.1 Å². The molecule has 0 saturated heterocycles. The Balaban J connectivity index is 1.81. The lowest BCUT2D eigenvalue weighted by Crippen LogP contribution is -2.07. The summed E-state index contributed by atoms with van der Waals surface area (Å²) >= 11 is 18.8. The smallest absolute Gasteiger partial charge is 0.133 e. The lowest BCUT2D eigenvalue weighted by molar-refractivity contribution is 0.767. The summed E-state index contributed by atoms with van der Waals surface area (Å²) in [6.45, 7) is 0.935. The highest BCUT2D eigenvalue weighted by molar-refractivity contribution is 6.35. The van der Waals surface area contributed by atoms with Crippen molar-refractivity contribution >= 4 is 40.6 Å². The molecule has 1 aliphatic heterocycles. The van der Waals surface area contributed by atoms with Gasteiger partial charge in [-0.15, -0.1) is 0 Å². The van der Waals surface area contributed by atoms with Gasteiger partial charge in [-0.3, -0.25) is 0 Å². The van der Waals surface area contributed by atoms with Crippen LogP contribution in [0.3, 0.4) is 0 Å². The molecule has 2 heterocycles. The van der Waals surface area contributed by atoms with Crippen molar-refractivity contribution in [1.82, 2.24) is 9.78 Å². The number of benzene rings is 2. The van der Waals surface area contributed by atoms with Crippen LogP contribution >= 0.6 is 34.8 Å². The number of hydrogen-bond acceptors (Lipinski definition) is 2. The molecule has 1 aromatic heterocycles. The van der Waals surface area contributed by atoms with Crippen LogP contribution in [-0.4, -0.2) is 16.3 Å². The molecule has 1 aliphatic rings. The number of hydrogen-bond donors (Lipinski definition) is 1. The molecule has 2 aromatic carbocycles. The van der Waals surface area contributed by atoms with Crippen LogP contribution in [0.25, 0.3) is 5.69 Å². The average Bonchev–Trinajstić information content (AvgIpc) is 2.80. The molecule has 0 spiro atoms. The quantitative estimate of drug-likeness (QED) is 0.563. The summed E-state index contributed by atoms with van der Waals surface area (Å²) in [7, 11) is 0. The second kappa shape index (κ2) is 7.51. The third kappa shape index (κ3) is 3.44. The first kappa shape index (κ1) is 17.7. The van der Waals surface area contributed by atoms with Crippen molar-refractivity contribution < 1.29 is 0 Å². The van der Waals surface area contributed by atoms with Gasteiger partial charge in [-0.1, -0.05) is 53.0 Å². The van der Waals surface area contributed by atoms with Crippen molar-refractivity contribution in [1.29, 1.82) is 0 Å². The average molecular weight is 407 g/mol. The van der Waals surface area contributed by atoms with Crippen LogP contribution in [0, 0.1) is 0 Å². The van der Waals surface area contributed by atoms with Gasteiger partial charge in [0, 0.05) is 28.6 Å². The van der Waals surface area contributed by atoms with Gasteiger partial charge >= 0.3 is 0 Å². The molecule has 3 nitrogen and oxygen atoms in total. The fourth-order valence-corrected chi connectivity index (χ4v) is 4.05. The molecule has 0 unspecified atom stereocenters. The first-order chi connectivity index (χ1) is 12.6. The molecule has 0 aliphatic carbocycles. The Labute approximate surface area is 167 Å². The summed E-state index contributed by atoms with van der Waals surface area (Å²) in [5.41, 5.74) is 4.17. The maximum absolute atomic E-state index is 6.43. The Kier molecular flexibility index (Phi) is 5.12. The van der Waals surface area contributed by atoms with E-state index in [0.717, 1.165) is 48.6 Å². The maximum atomic E-state index is 6.43. The summed E-state index contributed by atoms with van der Waals surface area (Å²) in [5.74, 6) is 1.04. The Morgan fingerprint density at radius 2 is 1.85 bits per heavy atom. The minimum absolute atomic E-state index is 0.640. The van der Waals surface area contributed by atoms with Gasteiger partial charge in [0.25, 0.3) is 0 Å². The Bertz CT molecular complexity index is 949. The molecular weight excluding hydrogens is 389 g/mol. The normalized spacial score (nSPS) is 13.8. The third-order valence-corrected chi connectivity index (χ3v) is 5.57. The minimum Gasteiger partial charge on any atom is -0.370 e. The van der Waals surface area contributed by atoms with E-state index >= 15 is 0 Å². The molecule has 0 amide bonds. The molecule has 134 valence electrons.